The highest BCUT2D eigenvalue weighted by Crippen LogP contribution is 2.35. The van der Waals surface area contributed by atoms with Crippen LogP contribution in [0.1, 0.15) is 35.6 Å². The van der Waals surface area contributed by atoms with Gasteiger partial charge in [-0.3, -0.25) is 0 Å². The van der Waals surface area contributed by atoms with Gasteiger partial charge in [0.05, 0.1) is 7.11 Å². The number of rotatable bonds is 6. The van der Waals surface area contributed by atoms with E-state index in [0.717, 1.165) is 25.3 Å². The van der Waals surface area contributed by atoms with Crippen molar-refractivity contribution >= 4 is 15.9 Å². The number of halogens is 1. The Labute approximate surface area is 125 Å². The fourth-order valence-corrected chi connectivity index (χ4v) is 2.71. The maximum absolute atomic E-state index is 5.75. The summed E-state index contributed by atoms with van der Waals surface area (Å²) in [6.07, 6.45) is 0.980. The van der Waals surface area contributed by atoms with E-state index in [2.05, 4.69) is 42.0 Å². The number of benzene rings is 1. The van der Waals surface area contributed by atoms with Crippen molar-refractivity contribution in [2.45, 2.75) is 46.7 Å². The molecule has 0 bridgehead atoms. The summed E-state index contributed by atoms with van der Waals surface area (Å²) in [7, 11) is 1.74. The summed E-state index contributed by atoms with van der Waals surface area (Å²) >= 11 is 3.67. The van der Waals surface area contributed by atoms with Crippen LogP contribution in [-0.2, 0) is 6.54 Å². The highest BCUT2D eigenvalue weighted by atomic mass is 79.9. The van der Waals surface area contributed by atoms with Gasteiger partial charge in [-0.25, -0.2) is 0 Å². The second-order valence-corrected chi connectivity index (χ2v) is 5.94. The highest BCUT2D eigenvalue weighted by molar-refractivity contribution is 9.10. The van der Waals surface area contributed by atoms with Gasteiger partial charge in [0.25, 0.3) is 0 Å². The third kappa shape index (κ3) is 3.94. The van der Waals surface area contributed by atoms with Crippen LogP contribution in [0.4, 0.5) is 0 Å². The summed E-state index contributed by atoms with van der Waals surface area (Å²) in [6, 6.07) is 0.238. The maximum atomic E-state index is 5.75. The van der Waals surface area contributed by atoms with Gasteiger partial charge in [-0.1, -0.05) is 15.9 Å². The van der Waals surface area contributed by atoms with Gasteiger partial charge in [-0.05, 0) is 57.4 Å². The second kappa shape index (κ2) is 7.27. The Kier molecular flexibility index (Phi) is 6.30. The second-order valence-electron chi connectivity index (χ2n) is 5.14. The number of methoxy groups -OCH3 is 1. The molecule has 1 aromatic carbocycles. The van der Waals surface area contributed by atoms with Gasteiger partial charge < -0.3 is 15.8 Å². The Balaban J connectivity index is 2.93. The van der Waals surface area contributed by atoms with Crippen molar-refractivity contribution in [1.82, 2.24) is 5.32 Å². The van der Waals surface area contributed by atoms with Crippen molar-refractivity contribution in [2.24, 2.45) is 5.73 Å². The van der Waals surface area contributed by atoms with Crippen molar-refractivity contribution in [3.05, 3.63) is 26.7 Å². The molecule has 0 aliphatic carbocycles. The SMILES string of the molecule is COc1c(C)c(C)c(Br)c(C)c1CNCCC(C)N. The maximum Gasteiger partial charge on any atom is 0.126 e. The first-order valence-electron chi connectivity index (χ1n) is 6.68. The van der Waals surface area contributed by atoms with Gasteiger partial charge in [0.15, 0.2) is 0 Å². The Morgan fingerprint density at radius 3 is 2.37 bits per heavy atom. The van der Waals surface area contributed by atoms with Crippen LogP contribution in [0.2, 0.25) is 0 Å². The van der Waals surface area contributed by atoms with Gasteiger partial charge in [0.2, 0.25) is 0 Å². The minimum Gasteiger partial charge on any atom is -0.496 e. The minimum atomic E-state index is 0.238. The van der Waals surface area contributed by atoms with Gasteiger partial charge in [0.1, 0.15) is 5.75 Å². The van der Waals surface area contributed by atoms with Crippen molar-refractivity contribution < 1.29 is 4.74 Å². The third-order valence-electron chi connectivity index (χ3n) is 3.57. The van der Waals surface area contributed by atoms with E-state index in [1.165, 1.54) is 26.7 Å². The van der Waals surface area contributed by atoms with Crippen LogP contribution >= 0.6 is 15.9 Å². The average Bonchev–Trinajstić information content (AvgIpc) is 2.37. The molecule has 0 spiro atoms. The van der Waals surface area contributed by atoms with Crippen LogP contribution in [0.3, 0.4) is 0 Å². The standard InChI is InChI=1S/C15H25BrN2O/c1-9(17)6-7-18-8-13-12(4)14(16)10(2)11(3)15(13)19-5/h9,18H,6-8,17H2,1-5H3. The molecule has 0 amide bonds. The van der Waals surface area contributed by atoms with E-state index in [0.29, 0.717) is 0 Å². The van der Waals surface area contributed by atoms with E-state index in [4.69, 9.17) is 10.5 Å². The lowest BCUT2D eigenvalue weighted by atomic mass is 9.99. The first-order valence-corrected chi connectivity index (χ1v) is 7.47. The summed E-state index contributed by atoms with van der Waals surface area (Å²) in [6.45, 7) is 10.1. The van der Waals surface area contributed by atoms with E-state index >= 15 is 0 Å². The largest absolute Gasteiger partial charge is 0.496 e. The van der Waals surface area contributed by atoms with E-state index in [1.807, 2.05) is 6.92 Å². The summed E-state index contributed by atoms with van der Waals surface area (Å²) in [4.78, 5) is 0. The van der Waals surface area contributed by atoms with E-state index < -0.39 is 0 Å². The lowest BCUT2D eigenvalue weighted by Crippen LogP contribution is -2.24. The first kappa shape index (κ1) is 16.5. The molecule has 0 aromatic heterocycles. The fraction of sp³-hybridized carbons (Fsp3) is 0.600. The number of hydrogen-bond acceptors (Lipinski definition) is 3. The fourth-order valence-electron chi connectivity index (χ4n) is 2.18. The molecule has 0 saturated carbocycles. The molecule has 0 fully saturated rings. The Hall–Kier alpha value is -0.580. The number of nitrogens with two attached hydrogens (primary N) is 1. The van der Waals surface area contributed by atoms with Crippen LogP contribution in [0.5, 0.6) is 5.75 Å². The molecule has 4 heteroatoms. The van der Waals surface area contributed by atoms with Crippen molar-refractivity contribution in [2.75, 3.05) is 13.7 Å². The van der Waals surface area contributed by atoms with Gasteiger partial charge >= 0.3 is 0 Å². The summed E-state index contributed by atoms with van der Waals surface area (Å²) in [5, 5.41) is 3.44. The Morgan fingerprint density at radius 1 is 1.21 bits per heavy atom. The topological polar surface area (TPSA) is 47.3 Å². The van der Waals surface area contributed by atoms with Crippen molar-refractivity contribution in [3.8, 4) is 5.75 Å². The van der Waals surface area contributed by atoms with Crippen molar-refractivity contribution in [3.63, 3.8) is 0 Å². The van der Waals surface area contributed by atoms with Crippen molar-refractivity contribution in [1.29, 1.82) is 0 Å². The predicted molar refractivity (Wildman–Crippen MR) is 84.9 cm³/mol. The molecule has 1 atom stereocenters. The molecule has 1 aromatic rings. The lowest BCUT2D eigenvalue weighted by molar-refractivity contribution is 0.403. The Morgan fingerprint density at radius 2 is 1.84 bits per heavy atom. The molecular weight excluding hydrogens is 304 g/mol. The minimum absolute atomic E-state index is 0.238. The van der Waals surface area contributed by atoms with Crippen LogP contribution in [-0.4, -0.2) is 19.7 Å². The Bertz CT molecular complexity index is 445. The quantitative estimate of drug-likeness (QED) is 0.788. The molecular formula is C15H25BrN2O. The molecule has 0 heterocycles. The van der Waals surface area contributed by atoms with Crippen LogP contribution in [0.25, 0.3) is 0 Å². The molecule has 1 unspecified atom stereocenters. The summed E-state index contributed by atoms with van der Waals surface area (Å²) < 4.78 is 6.76. The van der Waals surface area contributed by atoms with Gasteiger partial charge in [-0.2, -0.15) is 0 Å². The normalized spacial score (nSPS) is 12.6. The van der Waals surface area contributed by atoms with Gasteiger partial charge in [0, 0.05) is 22.6 Å². The molecule has 108 valence electrons. The number of ether oxygens (including phenoxy) is 1. The monoisotopic (exact) mass is 328 g/mol. The number of nitrogens with one attached hydrogen (secondary N) is 1. The average molecular weight is 329 g/mol. The molecule has 0 aliphatic rings. The molecule has 1 rings (SSSR count). The predicted octanol–water partition coefficient (Wildman–Crippen LogP) is 3.21. The lowest BCUT2D eigenvalue weighted by Gasteiger charge is -2.19. The highest BCUT2D eigenvalue weighted by Gasteiger charge is 2.16. The third-order valence-corrected chi connectivity index (χ3v) is 4.76. The smallest absolute Gasteiger partial charge is 0.126 e. The zero-order valence-corrected chi connectivity index (χ0v) is 14.1. The van der Waals surface area contributed by atoms with Crippen LogP contribution in [0.15, 0.2) is 4.47 Å². The van der Waals surface area contributed by atoms with E-state index in [9.17, 15) is 0 Å². The summed E-state index contributed by atoms with van der Waals surface area (Å²) in [5.41, 5.74) is 10.7. The molecule has 3 nitrogen and oxygen atoms in total. The first-order chi connectivity index (χ1) is 8.90. The van der Waals surface area contributed by atoms with Crippen LogP contribution < -0.4 is 15.8 Å². The molecule has 0 aliphatic heterocycles. The van der Waals surface area contributed by atoms with E-state index in [1.54, 1.807) is 7.11 Å². The zero-order valence-electron chi connectivity index (χ0n) is 12.6. The van der Waals surface area contributed by atoms with E-state index in [-0.39, 0.29) is 6.04 Å². The molecule has 0 saturated heterocycles. The van der Waals surface area contributed by atoms with Gasteiger partial charge in [-0.15, -0.1) is 0 Å². The molecule has 0 radical (unpaired) electrons. The van der Waals surface area contributed by atoms with Crippen LogP contribution in [0, 0.1) is 20.8 Å². The number of hydrogen-bond donors (Lipinski definition) is 2. The molecule has 3 N–H and O–H groups in total. The summed E-state index contributed by atoms with van der Waals surface area (Å²) in [5.74, 6) is 0.992. The molecule has 19 heavy (non-hydrogen) atoms. The zero-order chi connectivity index (χ0) is 14.6.